The topological polar surface area (TPSA) is 49.3 Å². The molecule has 5 aromatic rings. The van der Waals surface area contributed by atoms with Crippen molar-refractivity contribution in [3.05, 3.63) is 89.4 Å². The van der Waals surface area contributed by atoms with Gasteiger partial charge in [-0.3, -0.25) is 9.69 Å². The van der Waals surface area contributed by atoms with E-state index < -0.39 is 0 Å². The molecule has 0 N–H and O–H groups in total. The summed E-state index contributed by atoms with van der Waals surface area (Å²) in [5.74, 6) is -0.0805. The Balaban J connectivity index is 1.63. The lowest BCUT2D eigenvalue weighted by molar-refractivity contribution is 0.0985. The minimum atomic E-state index is -0.0805. The Morgan fingerprint density at radius 3 is 2.39 bits per heavy atom. The zero-order chi connectivity index (χ0) is 25.1. The van der Waals surface area contributed by atoms with Crippen molar-refractivity contribution in [3.63, 3.8) is 0 Å². The van der Waals surface area contributed by atoms with Gasteiger partial charge in [-0.05, 0) is 43.4 Å². The molecule has 3 aromatic carbocycles. The monoisotopic (exact) mass is 514 g/mol. The van der Waals surface area contributed by atoms with Crippen molar-refractivity contribution >= 4 is 55.1 Å². The van der Waals surface area contributed by atoms with Crippen molar-refractivity contribution in [3.8, 4) is 11.3 Å². The highest BCUT2D eigenvalue weighted by atomic mass is 35.5. The molecule has 0 unspecified atom stereocenters. The second-order valence-corrected chi connectivity index (χ2v) is 9.98. The number of nitrogens with zero attached hydrogens (tertiary/aromatic N) is 4. The summed E-state index contributed by atoms with van der Waals surface area (Å²) in [6, 6.07) is 25.3. The third-order valence-corrected chi connectivity index (χ3v) is 7.64. The lowest BCUT2D eigenvalue weighted by atomic mass is 10.0. The SMILES string of the molecule is CCN(CC)CCN(C(=O)c1cc(-c2ccccc2)nc2ccccc12)c1nc2ccc(Cl)cc2s1. The molecule has 0 saturated carbocycles. The van der Waals surface area contributed by atoms with Gasteiger partial charge in [-0.15, -0.1) is 0 Å². The number of thiazole rings is 1. The van der Waals surface area contributed by atoms with Gasteiger partial charge in [-0.25, -0.2) is 9.97 Å². The Morgan fingerprint density at radius 2 is 1.61 bits per heavy atom. The van der Waals surface area contributed by atoms with Gasteiger partial charge in [-0.1, -0.05) is 85.3 Å². The van der Waals surface area contributed by atoms with Gasteiger partial charge in [0.05, 0.1) is 27.0 Å². The number of para-hydroxylation sites is 1. The molecule has 0 bridgehead atoms. The molecule has 0 spiro atoms. The molecule has 1 amide bonds. The number of carbonyl (C=O) groups is 1. The molecule has 182 valence electrons. The molecule has 2 heterocycles. The molecule has 0 aliphatic carbocycles. The predicted molar refractivity (Wildman–Crippen MR) is 151 cm³/mol. The third-order valence-electron chi connectivity index (χ3n) is 6.37. The van der Waals surface area contributed by atoms with E-state index in [1.165, 1.54) is 11.3 Å². The van der Waals surface area contributed by atoms with Crippen LogP contribution in [0.15, 0.2) is 78.9 Å². The maximum Gasteiger partial charge on any atom is 0.260 e. The van der Waals surface area contributed by atoms with E-state index in [-0.39, 0.29) is 5.91 Å². The van der Waals surface area contributed by atoms with Crippen LogP contribution in [0.2, 0.25) is 5.02 Å². The first-order valence-corrected chi connectivity index (χ1v) is 13.3. The van der Waals surface area contributed by atoms with Crippen molar-refractivity contribution in [1.29, 1.82) is 0 Å². The number of halogens is 1. The van der Waals surface area contributed by atoms with Crippen LogP contribution in [-0.2, 0) is 0 Å². The minimum Gasteiger partial charge on any atom is -0.302 e. The molecule has 0 aliphatic heterocycles. The summed E-state index contributed by atoms with van der Waals surface area (Å²) in [4.78, 5) is 28.1. The highest BCUT2D eigenvalue weighted by molar-refractivity contribution is 7.22. The number of amides is 1. The van der Waals surface area contributed by atoms with Crippen molar-refractivity contribution in [2.45, 2.75) is 13.8 Å². The van der Waals surface area contributed by atoms with Gasteiger partial charge in [0.25, 0.3) is 5.91 Å². The number of benzene rings is 3. The predicted octanol–water partition coefficient (Wildman–Crippen LogP) is 7.15. The second-order valence-electron chi connectivity index (χ2n) is 8.53. The quantitative estimate of drug-likeness (QED) is 0.220. The van der Waals surface area contributed by atoms with Gasteiger partial charge >= 0.3 is 0 Å². The van der Waals surface area contributed by atoms with Gasteiger partial charge in [0.2, 0.25) is 0 Å². The van der Waals surface area contributed by atoms with Gasteiger partial charge in [0, 0.05) is 29.1 Å². The van der Waals surface area contributed by atoms with Crippen molar-refractivity contribution in [2.24, 2.45) is 0 Å². The number of hydrogen-bond donors (Lipinski definition) is 0. The van der Waals surface area contributed by atoms with E-state index in [0.29, 0.717) is 22.3 Å². The molecule has 2 aromatic heterocycles. The van der Waals surface area contributed by atoms with E-state index in [4.69, 9.17) is 21.6 Å². The first-order valence-electron chi connectivity index (χ1n) is 12.1. The molecule has 0 atom stereocenters. The van der Waals surface area contributed by atoms with Crippen LogP contribution >= 0.6 is 22.9 Å². The van der Waals surface area contributed by atoms with E-state index in [2.05, 4.69) is 18.7 Å². The molecular weight excluding hydrogens is 488 g/mol. The molecular formula is C29H27ClN4OS. The van der Waals surface area contributed by atoms with Gasteiger partial charge in [0.15, 0.2) is 5.13 Å². The zero-order valence-corrected chi connectivity index (χ0v) is 21.9. The number of anilines is 1. The number of aromatic nitrogens is 2. The van der Waals surface area contributed by atoms with Crippen LogP contribution in [0.3, 0.4) is 0 Å². The molecule has 5 nitrogen and oxygen atoms in total. The summed E-state index contributed by atoms with van der Waals surface area (Å²) in [6.07, 6.45) is 0. The average Bonchev–Trinajstić information content (AvgIpc) is 3.33. The van der Waals surface area contributed by atoms with Crippen LogP contribution in [0.1, 0.15) is 24.2 Å². The average molecular weight is 515 g/mol. The van der Waals surface area contributed by atoms with Gasteiger partial charge < -0.3 is 4.90 Å². The van der Waals surface area contributed by atoms with Crippen LogP contribution in [-0.4, -0.2) is 47.0 Å². The normalized spacial score (nSPS) is 11.4. The van der Waals surface area contributed by atoms with E-state index in [1.807, 2.05) is 83.8 Å². The first-order chi connectivity index (χ1) is 17.6. The third kappa shape index (κ3) is 4.98. The summed E-state index contributed by atoms with van der Waals surface area (Å²) in [6.45, 7) is 7.40. The number of pyridine rings is 1. The van der Waals surface area contributed by atoms with Gasteiger partial charge in [-0.2, -0.15) is 0 Å². The van der Waals surface area contributed by atoms with E-state index in [0.717, 1.165) is 52.0 Å². The van der Waals surface area contributed by atoms with Crippen LogP contribution in [0.4, 0.5) is 5.13 Å². The van der Waals surface area contributed by atoms with E-state index in [9.17, 15) is 4.79 Å². The Kier molecular flexibility index (Phi) is 7.28. The Morgan fingerprint density at radius 1 is 0.861 bits per heavy atom. The molecule has 0 saturated heterocycles. The number of hydrogen-bond acceptors (Lipinski definition) is 5. The molecule has 0 radical (unpaired) electrons. The van der Waals surface area contributed by atoms with Crippen molar-refractivity contribution in [2.75, 3.05) is 31.1 Å². The summed E-state index contributed by atoms with van der Waals surface area (Å²) in [5.41, 5.74) is 4.00. The minimum absolute atomic E-state index is 0.0805. The molecule has 36 heavy (non-hydrogen) atoms. The number of fused-ring (bicyclic) bond motifs is 2. The Bertz CT molecular complexity index is 1510. The molecule has 0 aliphatic rings. The fraction of sp³-hybridized carbons (Fsp3) is 0.207. The van der Waals surface area contributed by atoms with Crippen molar-refractivity contribution in [1.82, 2.24) is 14.9 Å². The summed E-state index contributed by atoms with van der Waals surface area (Å²) in [5, 5.41) is 2.16. The van der Waals surface area contributed by atoms with Crippen LogP contribution in [0, 0.1) is 0 Å². The summed E-state index contributed by atoms with van der Waals surface area (Å²) >= 11 is 7.72. The van der Waals surface area contributed by atoms with Crippen LogP contribution in [0.5, 0.6) is 0 Å². The second kappa shape index (κ2) is 10.7. The molecule has 0 fully saturated rings. The summed E-state index contributed by atoms with van der Waals surface area (Å²) in [7, 11) is 0. The lowest BCUT2D eigenvalue weighted by Gasteiger charge is -2.25. The van der Waals surface area contributed by atoms with Crippen LogP contribution in [0.25, 0.3) is 32.4 Å². The number of likely N-dealkylation sites (N-methyl/N-ethyl adjacent to an activating group) is 1. The number of carbonyl (C=O) groups excluding carboxylic acids is 1. The first kappa shape index (κ1) is 24.4. The largest absolute Gasteiger partial charge is 0.302 e. The lowest BCUT2D eigenvalue weighted by Crippen LogP contribution is -2.39. The highest BCUT2D eigenvalue weighted by Gasteiger charge is 2.24. The smallest absolute Gasteiger partial charge is 0.260 e. The van der Waals surface area contributed by atoms with Crippen molar-refractivity contribution < 1.29 is 4.79 Å². The zero-order valence-electron chi connectivity index (χ0n) is 20.3. The maximum atomic E-state index is 14.3. The standard InChI is InChI=1S/C29H27ClN4OS/c1-3-33(4-2)16-17-34(29-32-25-15-14-21(30)18-27(25)36-29)28(35)23-19-26(20-10-6-5-7-11-20)31-24-13-9-8-12-22(23)24/h5-15,18-19H,3-4,16-17H2,1-2H3. The fourth-order valence-electron chi connectivity index (χ4n) is 4.32. The summed E-state index contributed by atoms with van der Waals surface area (Å²) < 4.78 is 0.961. The fourth-order valence-corrected chi connectivity index (χ4v) is 5.59. The van der Waals surface area contributed by atoms with E-state index >= 15 is 0 Å². The van der Waals surface area contributed by atoms with Crippen LogP contribution < -0.4 is 4.90 Å². The maximum absolute atomic E-state index is 14.3. The molecule has 5 rings (SSSR count). The molecule has 7 heteroatoms. The van der Waals surface area contributed by atoms with Gasteiger partial charge in [0.1, 0.15) is 0 Å². The highest BCUT2D eigenvalue weighted by Crippen LogP contribution is 2.33. The van der Waals surface area contributed by atoms with E-state index in [1.54, 1.807) is 0 Å². The Labute approximate surface area is 220 Å². The Hall–Kier alpha value is -3.32. The number of rotatable bonds is 8.